The van der Waals surface area contributed by atoms with E-state index in [-0.39, 0.29) is 23.5 Å². The van der Waals surface area contributed by atoms with Gasteiger partial charge in [0.25, 0.3) is 0 Å². The van der Waals surface area contributed by atoms with Crippen LogP contribution in [0.3, 0.4) is 0 Å². The number of carbonyl (C=O) groups excluding carboxylic acids is 2. The molecule has 2 N–H and O–H groups in total. The number of amides is 2. The Labute approximate surface area is 158 Å². The fraction of sp³-hybridized carbons (Fsp3) is 0.421. The summed E-state index contributed by atoms with van der Waals surface area (Å²) in [5, 5.41) is 6.36. The molecule has 2 aromatic rings. The molecular weight excluding hydrogens is 348 g/mol. The molecule has 7 heteroatoms. The molecule has 0 fully saturated rings. The summed E-state index contributed by atoms with van der Waals surface area (Å²) in [6, 6.07) is 6.27. The molecule has 0 unspecified atom stereocenters. The molecule has 1 aromatic carbocycles. The summed E-state index contributed by atoms with van der Waals surface area (Å²) in [4.78, 5) is 27.8. The SMILES string of the molecule is Cc1ccc(C)c(-n2ccnc2SCC(=O)NCCNC(=O)C(C)C)c1. The maximum absolute atomic E-state index is 12.0. The molecule has 1 aromatic heterocycles. The van der Waals surface area contributed by atoms with Gasteiger partial charge in [-0.25, -0.2) is 4.98 Å². The second-order valence-corrected chi connectivity index (χ2v) is 7.40. The number of nitrogens with one attached hydrogen (secondary N) is 2. The summed E-state index contributed by atoms with van der Waals surface area (Å²) >= 11 is 1.39. The average Bonchev–Trinajstić information content (AvgIpc) is 3.07. The van der Waals surface area contributed by atoms with Crippen LogP contribution >= 0.6 is 11.8 Å². The first-order chi connectivity index (χ1) is 12.4. The van der Waals surface area contributed by atoms with Crippen molar-refractivity contribution < 1.29 is 9.59 Å². The summed E-state index contributed by atoms with van der Waals surface area (Å²) in [6.45, 7) is 8.64. The summed E-state index contributed by atoms with van der Waals surface area (Å²) in [5.74, 6) is 0.138. The number of benzene rings is 1. The zero-order chi connectivity index (χ0) is 19.1. The van der Waals surface area contributed by atoms with Crippen molar-refractivity contribution in [2.45, 2.75) is 32.9 Å². The molecule has 6 nitrogen and oxygen atoms in total. The van der Waals surface area contributed by atoms with Crippen LogP contribution in [0.2, 0.25) is 0 Å². The lowest BCUT2D eigenvalue weighted by Crippen LogP contribution is -2.37. The Morgan fingerprint density at radius 1 is 1.19 bits per heavy atom. The number of carbonyl (C=O) groups is 2. The highest BCUT2D eigenvalue weighted by Crippen LogP contribution is 2.23. The number of rotatable bonds is 8. The standard InChI is InChI=1S/C19H26N4O2S/c1-13(2)18(25)21-8-7-20-17(24)12-26-19-22-9-10-23(19)16-11-14(3)5-6-15(16)4/h5-6,9-11,13H,7-8,12H2,1-4H3,(H,20,24)(H,21,25). The molecule has 2 amide bonds. The van der Waals surface area contributed by atoms with Crippen LogP contribution in [0.4, 0.5) is 0 Å². The molecule has 0 saturated heterocycles. The third-order valence-corrected chi connectivity index (χ3v) is 4.80. The van der Waals surface area contributed by atoms with Crippen LogP contribution in [0, 0.1) is 19.8 Å². The zero-order valence-corrected chi connectivity index (χ0v) is 16.5. The van der Waals surface area contributed by atoms with Gasteiger partial charge in [-0.1, -0.05) is 37.7 Å². The topological polar surface area (TPSA) is 76.0 Å². The molecule has 0 aliphatic heterocycles. The number of hydrogen-bond acceptors (Lipinski definition) is 4. The van der Waals surface area contributed by atoms with E-state index in [1.807, 2.05) is 24.6 Å². The number of hydrogen-bond donors (Lipinski definition) is 2. The van der Waals surface area contributed by atoms with E-state index >= 15 is 0 Å². The average molecular weight is 375 g/mol. The van der Waals surface area contributed by atoms with E-state index in [1.54, 1.807) is 6.20 Å². The van der Waals surface area contributed by atoms with Crippen LogP contribution in [-0.4, -0.2) is 40.2 Å². The van der Waals surface area contributed by atoms with Gasteiger partial charge in [-0.3, -0.25) is 14.2 Å². The van der Waals surface area contributed by atoms with Crippen molar-refractivity contribution in [2.75, 3.05) is 18.8 Å². The van der Waals surface area contributed by atoms with E-state index < -0.39 is 0 Å². The molecule has 0 aliphatic carbocycles. The quantitative estimate of drug-likeness (QED) is 0.550. The minimum absolute atomic E-state index is 0.0100. The van der Waals surface area contributed by atoms with Gasteiger partial charge in [0.15, 0.2) is 5.16 Å². The Bertz CT molecular complexity index is 771. The normalized spacial score (nSPS) is 10.8. The lowest BCUT2D eigenvalue weighted by molar-refractivity contribution is -0.124. The van der Waals surface area contributed by atoms with Crippen molar-refractivity contribution >= 4 is 23.6 Å². The minimum Gasteiger partial charge on any atom is -0.354 e. The zero-order valence-electron chi connectivity index (χ0n) is 15.7. The third kappa shape index (κ3) is 5.62. The minimum atomic E-state index is -0.0793. The van der Waals surface area contributed by atoms with Gasteiger partial charge in [-0.2, -0.15) is 0 Å². The van der Waals surface area contributed by atoms with Crippen LogP contribution in [0.25, 0.3) is 5.69 Å². The molecule has 26 heavy (non-hydrogen) atoms. The Hall–Kier alpha value is -2.28. The molecule has 0 radical (unpaired) electrons. The second kappa shape index (κ2) is 9.43. The molecule has 0 atom stereocenters. The Morgan fingerprint density at radius 3 is 2.65 bits per heavy atom. The fourth-order valence-electron chi connectivity index (χ4n) is 2.33. The number of thioether (sulfide) groups is 1. The molecule has 2 rings (SSSR count). The first-order valence-corrected chi connectivity index (χ1v) is 9.65. The molecule has 0 spiro atoms. The van der Waals surface area contributed by atoms with Gasteiger partial charge in [0.2, 0.25) is 11.8 Å². The highest BCUT2D eigenvalue weighted by atomic mass is 32.2. The van der Waals surface area contributed by atoms with Gasteiger partial charge >= 0.3 is 0 Å². The summed E-state index contributed by atoms with van der Waals surface area (Å²) in [7, 11) is 0. The van der Waals surface area contributed by atoms with Crippen molar-refractivity contribution in [3.63, 3.8) is 0 Å². The Balaban J connectivity index is 1.85. The lowest BCUT2D eigenvalue weighted by atomic mass is 10.1. The third-order valence-electron chi connectivity index (χ3n) is 3.83. The predicted molar refractivity (Wildman–Crippen MR) is 105 cm³/mol. The van der Waals surface area contributed by atoms with Crippen molar-refractivity contribution in [3.8, 4) is 5.69 Å². The van der Waals surface area contributed by atoms with Crippen LogP contribution < -0.4 is 10.6 Å². The van der Waals surface area contributed by atoms with E-state index in [0.29, 0.717) is 13.1 Å². The van der Waals surface area contributed by atoms with Crippen molar-refractivity contribution in [2.24, 2.45) is 5.92 Å². The van der Waals surface area contributed by atoms with Crippen molar-refractivity contribution in [1.82, 2.24) is 20.2 Å². The molecule has 0 aliphatic rings. The molecule has 0 saturated carbocycles. The summed E-state index contributed by atoms with van der Waals surface area (Å²) in [6.07, 6.45) is 3.65. The fourth-order valence-corrected chi connectivity index (χ4v) is 3.13. The van der Waals surface area contributed by atoms with Gasteiger partial charge < -0.3 is 10.6 Å². The van der Waals surface area contributed by atoms with Gasteiger partial charge in [0.1, 0.15) is 0 Å². The first-order valence-electron chi connectivity index (χ1n) is 8.66. The van der Waals surface area contributed by atoms with Crippen molar-refractivity contribution in [1.29, 1.82) is 0 Å². The van der Waals surface area contributed by atoms with E-state index in [9.17, 15) is 9.59 Å². The predicted octanol–water partition coefficient (Wildman–Crippen LogP) is 2.47. The maximum Gasteiger partial charge on any atom is 0.230 e. The molecule has 140 valence electrons. The lowest BCUT2D eigenvalue weighted by Gasteiger charge is -2.12. The maximum atomic E-state index is 12.0. The van der Waals surface area contributed by atoms with E-state index in [4.69, 9.17) is 0 Å². The molecule has 0 bridgehead atoms. The molecular formula is C19H26N4O2S. The number of aromatic nitrogens is 2. The smallest absolute Gasteiger partial charge is 0.230 e. The van der Waals surface area contributed by atoms with Gasteiger partial charge in [-0.05, 0) is 31.0 Å². The van der Waals surface area contributed by atoms with E-state index in [2.05, 4.69) is 47.7 Å². The first kappa shape index (κ1) is 20.0. The van der Waals surface area contributed by atoms with E-state index in [1.165, 1.54) is 17.3 Å². The van der Waals surface area contributed by atoms with Gasteiger partial charge in [0, 0.05) is 31.4 Å². The van der Waals surface area contributed by atoms with Gasteiger partial charge in [-0.15, -0.1) is 0 Å². The molecule has 1 heterocycles. The summed E-state index contributed by atoms with van der Waals surface area (Å²) in [5.41, 5.74) is 3.40. The van der Waals surface area contributed by atoms with E-state index in [0.717, 1.165) is 16.4 Å². The largest absolute Gasteiger partial charge is 0.354 e. The number of nitrogens with zero attached hydrogens (tertiary/aromatic N) is 2. The monoisotopic (exact) mass is 374 g/mol. The van der Waals surface area contributed by atoms with Crippen LogP contribution in [0.15, 0.2) is 35.7 Å². The van der Waals surface area contributed by atoms with Crippen LogP contribution in [0.1, 0.15) is 25.0 Å². The second-order valence-electron chi connectivity index (χ2n) is 6.45. The number of imidazole rings is 1. The van der Waals surface area contributed by atoms with Crippen LogP contribution in [-0.2, 0) is 9.59 Å². The summed E-state index contributed by atoms with van der Waals surface area (Å²) < 4.78 is 2.00. The number of aryl methyl sites for hydroxylation is 2. The highest BCUT2D eigenvalue weighted by Gasteiger charge is 2.11. The van der Waals surface area contributed by atoms with Crippen LogP contribution in [0.5, 0.6) is 0 Å². The Morgan fingerprint density at radius 2 is 1.92 bits per heavy atom. The highest BCUT2D eigenvalue weighted by molar-refractivity contribution is 7.99. The van der Waals surface area contributed by atoms with Gasteiger partial charge in [0.05, 0.1) is 11.4 Å². The van der Waals surface area contributed by atoms with Crippen molar-refractivity contribution in [3.05, 3.63) is 41.7 Å². The Kier molecular flexibility index (Phi) is 7.26.